The number of piperidine rings is 1. The van der Waals surface area contributed by atoms with Crippen molar-refractivity contribution in [3.05, 3.63) is 69.7 Å². The molecule has 132 valence electrons. The van der Waals surface area contributed by atoms with E-state index in [4.69, 9.17) is 4.74 Å². The Morgan fingerprint density at radius 2 is 1.96 bits per heavy atom. The van der Waals surface area contributed by atoms with Crippen LogP contribution in [0.25, 0.3) is 0 Å². The van der Waals surface area contributed by atoms with Crippen LogP contribution in [0.4, 0.5) is 0 Å². The molecule has 2 aromatic rings. The van der Waals surface area contributed by atoms with Crippen molar-refractivity contribution in [2.45, 2.75) is 45.4 Å². The molecule has 1 fully saturated rings. The number of carbonyl (C=O) groups excluding carboxylic acids is 1. The van der Waals surface area contributed by atoms with Crippen LogP contribution in [0.2, 0.25) is 0 Å². The van der Waals surface area contributed by atoms with Crippen LogP contribution in [0.3, 0.4) is 0 Å². The Labute approximate surface area is 158 Å². The molecule has 0 bridgehead atoms. The minimum atomic E-state index is -0.289. The molecule has 1 atom stereocenters. The van der Waals surface area contributed by atoms with Gasteiger partial charge in [0, 0.05) is 17.1 Å². The van der Waals surface area contributed by atoms with Gasteiger partial charge in [-0.25, -0.2) is 4.79 Å². The SMILES string of the molecule is C[C@H]1CCCCN1Cc1ccccc1COC(=O)c1cccc(Br)c1. The van der Waals surface area contributed by atoms with Gasteiger partial charge in [0.25, 0.3) is 0 Å². The summed E-state index contributed by atoms with van der Waals surface area (Å²) in [5.74, 6) is -0.289. The number of likely N-dealkylation sites (tertiary alicyclic amines) is 1. The van der Waals surface area contributed by atoms with E-state index in [2.05, 4.69) is 46.0 Å². The lowest BCUT2D eigenvalue weighted by molar-refractivity contribution is 0.0470. The highest BCUT2D eigenvalue weighted by Gasteiger charge is 2.19. The van der Waals surface area contributed by atoms with Crippen molar-refractivity contribution in [1.82, 2.24) is 4.90 Å². The van der Waals surface area contributed by atoms with E-state index in [0.717, 1.165) is 23.1 Å². The van der Waals surface area contributed by atoms with Crippen molar-refractivity contribution < 1.29 is 9.53 Å². The molecule has 25 heavy (non-hydrogen) atoms. The molecular weight excluding hydrogens is 378 g/mol. The number of halogens is 1. The highest BCUT2D eigenvalue weighted by atomic mass is 79.9. The summed E-state index contributed by atoms with van der Waals surface area (Å²) >= 11 is 3.39. The first kappa shape index (κ1) is 18.2. The first-order valence-corrected chi connectivity index (χ1v) is 9.66. The molecule has 0 unspecified atom stereocenters. The fraction of sp³-hybridized carbons (Fsp3) is 0.381. The zero-order valence-electron chi connectivity index (χ0n) is 14.6. The normalized spacial score (nSPS) is 18.1. The Hall–Kier alpha value is -1.65. The molecular formula is C21H24BrNO2. The minimum Gasteiger partial charge on any atom is -0.457 e. The quantitative estimate of drug-likeness (QED) is 0.646. The van der Waals surface area contributed by atoms with Crippen LogP contribution < -0.4 is 0 Å². The highest BCUT2D eigenvalue weighted by molar-refractivity contribution is 9.10. The second-order valence-electron chi connectivity index (χ2n) is 6.67. The predicted molar refractivity (Wildman–Crippen MR) is 103 cm³/mol. The fourth-order valence-electron chi connectivity index (χ4n) is 3.31. The molecule has 1 aliphatic rings. The Morgan fingerprint density at radius 1 is 1.16 bits per heavy atom. The third-order valence-electron chi connectivity index (χ3n) is 4.85. The van der Waals surface area contributed by atoms with E-state index in [1.165, 1.54) is 24.8 Å². The summed E-state index contributed by atoms with van der Waals surface area (Å²) in [7, 11) is 0. The summed E-state index contributed by atoms with van der Waals surface area (Å²) in [5.41, 5.74) is 2.90. The van der Waals surface area contributed by atoms with Crippen LogP contribution in [0.1, 0.15) is 47.7 Å². The van der Waals surface area contributed by atoms with Crippen LogP contribution in [0.15, 0.2) is 53.0 Å². The van der Waals surface area contributed by atoms with Gasteiger partial charge >= 0.3 is 5.97 Å². The zero-order valence-corrected chi connectivity index (χ0v) is 16.2. The second-order valence-corrected chi connectivity index (χ2v) is 7.59. The van der Waals surface area contributed by atoms with Gasteiger partial charge in [-0.2, -0.15) is 0 Å². The molecule has 4 heteroatoms. The van der Waals surface area contributed by atoms with Crippen molar-refractivity contribution in [2.24, 2.45) is 0 Å². The first-order chi connectivity index (χ1) is 12.1. The molecule has 0 saturated carbocycles. The Bertz CT molecular complexity index is 731. The Balaban J connectivity index is 1.65. The Kier molecular flexibility index (Phi) is 6.27. The third kappa shape index (κ3) is 4.93. The third-order valence-corrected chi connectivity index (χ3v) is 5.34. The maximum Gasteiger partial charge on any atom is 0.338 e. The van der Waals surface area contributed by atoms with E-state index in [1.807, 2.05) is 18.2 Å². The van der Waals surface area contributed by atoms with Crippen molar-refractivity contribution in [3.63, 3.8) is 0 Å². The number of hydrogen-bond acceptors (Lipinski definition) is 3. The van der Waals surface area contributed by atoms with Crippen LogP contribution in [-0.2, 0) is 17.9 Å². The molecule has 3 nitrogen and oxygen atoms in total. The van der Waals surface area contributed by atoms with Gasteiger partial charge < -0.3 is 4.74 Å². The average Bonchev–Trinajstić information content (AvgIpc) is 2.62. The van der Waals surface area contributed by atoms with E-state index in [-0.39, 0.29) is 5.97 Å². The summed E-state index contributed by atoms with van der Waals surface area (Å²) in [4.78, 5) is 14.8. The summed E-state index contributed by atoms with van der Waals surface area (Å²) in [6.07, 6.45) is 3.86. The predicted octanol–water partition coefficient (Wildman–Crippen LogP) is 5.18. The van der Waals surface area contributed by atoms with Gasteiger partial charge in [-0.05, 0) is 55.6 Å². The van der Waals surface area contributed by atoms with Gasteiger partial charge in [0.15, 0.2) is 0 Å². The number of nitrogens with zero attached hydrogens (tertiary/aromatic N) is 1. The van der Waals surface area contributed by atoms with E-state index in [0.29, 0.717) is 18.2 Å². The van der Waals surface area contributed by atoms with Gasteiger partial charge in [-0.1, -0.05) is 52.7 Å². The number of benzene rings is 2. The molecule has 1 saturated heterocycles. The average molecular weight is 402 g/mol. The summed E-state index contributed by atoms with van der Waals surface area (Å²) in [5, 5.41) is 0. The van der Waals surface area contributed by atoms with Gasteiger partial charge in [0.1, 0.15) is 6.61 Å². The maximum absolute atomic E-state index is 12.3. The fourth-order valence-corrected chi connectivity index (χ4v) is 3.71. The monoisotopic (exact) mass is 401 g/mol. The molecule has 1 heterocycles. The van der Waals surface area contributed by atoms with Gasteiger partial charge in [0.2, 0.25) is 0 Å². The van der Waals surface area contributed by atoms with Crippen molar-refractivity contribution in [3.8, 4) is 0 Å². The number of rotatable bonds is 5. The zero-order chi connectivity index (χ0) is 17.6. The lowest BCUT2D eigenvalue weighted by atomic mass is 10.0. The topological polar surface area (TPSA) is 29.5 Å². The lowest BCUT2D eigenvalue weighted by Gasteiger charge is -2.33. The smallest absolute Gasteiger partial charge is 0.338 e. The molecule has 0 aliphatic carbocycles. The maximum atomic E-state index is 12.3. The molecule has 0 N–H and O–H groups in total. The van der Waals surface area contributed by atoms with Crippen molar-refractivity contribution in [2.75, 3.05) is 6.54 Å². The minimum absolute atomic E-state index is 0.289. The summed E-state index contributed by atoms with van der Waals surface area (Å²) < 4.78 is 6.42. The molecule has 0 amide bonds. The van der Waals surface area contributed by atoms with E-state index >= 15 is 0 Å². The number of ether oxygens (including phenoxy) is 1. The van der Waals surface area contributed by atoms with Crippen LogP contribution >= 0.6 is 15.9 Å². The number of esters is 1. The van der Waals surface area contributed by atoms with Crippen LogP contribution in [0, 0.1) is 0 Å². The molecule has 2 aromatic carbocycles. The lowest BCUT2D eigenvalue weighted by Crippen LogP contribution is -2.37. The Morgan fingerprint density at radius 3 is 2.72 bits per heavy atom. The highest BCUT2D eigenvalue weighted by Crippen LogP contribution is 2.21. The number of hydrogen-bond donors (Lipinski definition) is 0. The molecule has 0 aromatic heterocycles. The summed E-state index contributed by atoms with van der Waals surface area (Å²) in [6.45, 7) is 4.68. The molecule has 0 spiro atoms. The van der Waals surface area contributed by atoms with Crippen LogP contribution in [0.5, 0.6) is 0 Å². The van der Waals surface area contributed by atoms with Crippen molar-refractivity contribution >= 4 is 21.9 Å². The standard InChI is InChI=1S/C21H24BrNO2/c1-16-7-4-5-12-23(16)14-18-8-2-3-9-19(18)15-25-21(24)17-10-6-11-20(22)13-17/h2-3,6,8-11,13,16H,4-5,7,12,14-15H2,1H3/t16-/m0/s1. The molecule has 3 rings (SSSR count). The van der Waals surface area contributed by atoms with Gasteiger partial charge in [-0.3, -0.25) is 4.90 Å². The molecule has 0 radical (unpaired) electrons. The van der Waals surface area contributed by atoms with Gasteiger partial charge in [0.05, 0.1) is 5.56 Å². The number of carbonyl (C=O) groups is 1. The van der Waals surface area contributed by atoms with Crippen molar-refractivity contribution in [1.29, 1.82) is 0 Å². The van der Waals surface area contributed by atoms with E-state index in [1.54, 1.807) is 12.1 Å². The second kappa shape index (κ2) is 8.63. The summed E-state index contributed by atoms with van der Waals surface area (Å²) in [6, 6.07) is 16.2. The molecule has 1 aliphatic heterocycles. The largest absolute Gasteiger partial charge is 0.457 e. The van der Waals surface area contributed by atoms with E-state index in [9.17, 15) is 4.79 Å². The van der Waals surface area contributed by atoms with Gasteiger partial charge in [-0.15, -0.1) is 0 Å². The first-order valence-electron chi connectivity index (χ1n) is 8.87. The van der Waals surface area contributed by atoms with Crippen LogP contribution in [-0.4, -0.2) is 23.5 Å². The van der Waals surface area contributed by atoms with E-state index < -0.39 is 0 Å².